The number of ether oxygens (including phenoxy) is 16. The van der Waals surface area contributed by atoms with Gasteiger partial charge in [-0.1, -0.05) is 185 Å². The van der Waals surface area contributed by atoms with Crippen LogP contribution in [0.25, 0.3) is 0 Å². The molecule has 0 bridgehead atoms. The summed E-state index contributed by atoms with van der Waals surface area (Å²) < 4.78 is 86.6. The van der Waals surface area contributed by atoms with Crippen molar-refractivity contribution in [1.82, 2.24) is 0 Å². The van der Waals surface area contributed by atoms with Gasteiger partial charge in [-0.15, -0.1) is 0 Å². The van der Waals surface area contributed by atoms with Gasteiger partial charge in [0.1, 0.15) is 40.2 Å². The Balaban J connectivity index is 0.000000256. The van der Waals surface area contributed by atoms with E-state index in [0.717, 1.165) is 94.1 Å². The van der Waals surface area contributed by atoms with Crippen molar-refractivity contribution in [3.8, 4) is 46.3 Å². The lowest BCUT2D eigenvalue weighted by Gasteiger charge is -2.28. The lowest BCUT2D eigenvalue weighted by atomic mass is 9.77. The van der Waals surface area contributed by atoms with E-state index >= 15 is 0 Å². The molecule has 0 saturated heterocycles. The molecule has 27 nitrogen and oxygen atoms in total. The fourth-order valence-electron chi connectivity index (χ4n) is 13.7. The second-order valence-corrected chi connectivity index (χ2v) is 31.6. The van der Waals surface area contributed by atoms with E-state index in [1.54, 1.807) is 185 Å². The van der Waals surface area contributed by atoms with E-state index in [9.17, 15) is 47.9 Å². The number of carbonyl (C=O) groups is 10. The summed E-state index contributed by atoms with van der Waals surface area (Å²) in [5.41, 5.74) is 6.45. The van der Waals surface area contributed by atoms with Gasteiger partial charge in [0.15, 0.2) is 0 Å². The lowest BCUT2D eigenvalue weighted by molar-refractivity contribution is -0.176. The number of unbranched alkanes of at least 4 members (excludes halogenated alkanes) is 8. The largest absolute Gasteiger partial charge is 0.497 e. The smallest absolute Gasteiger partial charge is 0.343 e. The molecule has 734 valence electrons. The van der Waals surface area contributed by atoms with Crippen LogP contribution < -0.4 is 33.2 Å². The number of hydrogen-bond acceptors (Lipinski definition) is 27. The first kappa shape index (κ1) is 111. The summed E-state index contributed by atoms with van der Waals surface area (Å²) in [6.07, 6.45) is 21.5. The van der Waals surface area contributed by atoms with Crippen LogP contribution in [0.5, 0.6) is 40.2 Å². The molecule has 9 aromatic carbocycles. The minimum atomic E-state index is -0.936. The highest BCUT2D eigenvalue weighted by Gasteiger charge is 2.26. The van der Waals surface area contributed by atoms with Gasteiger partial charge < -0.3 is 75.8 Å². The van der Waals surface area contributed by atoms with Crippen LogP contribution in [0.1, 0.15) is 272 Å². The monoisotopic (exact) mass is 1900 g/mol. The van der Waals surface area contributed by atoms with Gasteiger partial charge in [-0.25, -0.2) is 47.9 Å². The third-order valence-corrected chi connectivity index (χ3v) is 21.3. The number of nitriles is 1. The molecular formula is C112H125NO26. The molecule has 1 saturated carbocycles. The Kier molecular flexibility index (Phi) is 50.3. The molecule has 139 heavy (non-hydrogen) atoms. The molecule has 1 aliphatic rings. The number of aryl methyl sites for hydroxylation is 1. The third kappa shape index (κ3) is 40.3. The molecule has 0 heterocycles. The van der Waals surface area contributed by atoms with Crippen molar-refractivity contribution in [3.63, 3.8) is 0 Å². The minimum Gasteiger partial charge on any atom is -0.497 e. The number of esters is 10. The molecule has 0 aliphatic heterocycles. The number of nitrogens with zero attached hydrogens (tertiary/aromatic N) is 1. The Morgan fingerprint density at radius 3 is 1.04 bits per heavy atom. The summed E-state index contributed by atoms with van der Waals surface area (Å²) in [7, 11) is 1.57. The van der Waals surface area contributed by atoms with Crippen LogP contribution in [0.2, 0.25) is 0 Å². The van der Waals surface area contributed by atoms with Crippen LogP contribution in [0, 0.1) is 24.2 Å². The van der Waals surface area contributed by atoms with E-state index in [1.165, 1.54) is 81.2 Å². The van der Waals surface area contributed by atoms with Crippen molar-refractivity contribution >= 4 is 59.7 Å². The van der Waals surface area contributed by atoms with Gasteiger partial charge in [-0.2, -0.15) is 5.26 Å². The number of rotatable bonds is 51. The molecule has 0 N–H and O–H groups in total. The van der Waals surface area contributed by atoms with Crippen molar-refractivity contribution in [2.45, 2.75) is 188 Å². The Labute approximate surface area is 813 Å². The predicted molar refractivity (Wildman–Crippen MR) is 523 cm³/mol. The number of methoxy groups -OCH3 is 1. The summed E-state index contributed by atoms with van der Waals surface area (Å²) in [5.74, 6) is -0.908. The molecule has 0 amide bonds. The minimum absolute atomic E-state index is 0.219. The first-order chi connectivity index (χ1) is 67.4. The average molecular weight is 1900 g/mol. The Bertz CT molecular complexity index is 5430. The van der Waals surface area contributed by atoms with Gasteiger partial charge in [0.2, 0.25) is 25.2 Å². The van der Waals surface area contributed by atoms with Gasteiger partial charge in [0.05, 0.1) is 79.6 Å². The Hall–Kier alpha value is -14.7. The van der Waals surface area contributed by atoms with Gasteiger partial charge in [-0.05, 0) is 233 Å². The van der Waals surface area contributed by atoms with Crippen molar-refractivity contribution in [1.29, 1.82) is 5.26 Å². The average Bonchev–Trinajstić information content (AvgIpc) is 0.871. The summed E-state index contributed by atoms with van der Waals surface area (Å²) in [6, 6.07) is 60.1. The maximum Gasteiger partial charge on any atom is 0.343 e. The van der Waals surface area contributed by atoms with Gasteiger partial charge in [-0.3, -0.25) is 0 Å². The Morgan fingerprint density at radius 1 is 0.345 bits per heavy atom. The maximum absolute atomic E-state index is 12.8. The van der Waals surface area contributed by atoms with Crippen LogP contribution in [0.3, 0.4) is 0 Å². The standard InChI is InChI=1S/C33H32O10.C33H44O5.C23H23NO5.C23H26O6/c1-5-29(34)40-20-8-19-39-25-13-15-26(16-14-25)41-32(37)28-18-17-27(21-22(28)4)42-31(36)23-9-11-24(12-10-23)33(38-7-3)43-30(35)6-2;1-4-7-8-9-10-24-36-33(38-31(34)6-3)29-18-16-28(17-19-29)32(35)37-30-22-20-27(21-23-30)26-14-12-25(11-5-2)13-15-26;1-3-5-6-15-27-23(29-21(25)4-2)19-11-9-18(10-12-19)22(26)28-20-13-7-17(16-24)8-14-20;1-4-6-7-16-27-23(29-21(24)5-2)18-10-8-17(9-11-18)22(25)28-20-14-12-19(26-3)13-15-20/h5-6,9-18,21,33H,1-2,7-8,19-20H2,3-4H3;6,16-23,25-26,33H,3-5,7-15,24H2,1-2H3;4,7-14,23H,2-3,5-6,15H2,1H3;5,8-15,23H,2,4,6-7,16H2,1,3H3. The predicted octanol–water partition coefficient (Wildman–Crippen LogP) is 24.0. The number of hydrogen-bond donors (Lipinski definition) is 0. The second-order valence-electron chi connectivity index (χ2n) is 31.6. The molecule has 0 aromatic heterocycles. The van der Waals surface area contributed by atoms with E-state index < -0.39 is 84.9 Å². The third-order valence-electron chi connectivity index (χ3n) is 21.3. The highest BCUT2D eigenvalue weighted by atomic mass is 16.7. The van der Waals surface area contributed by atoms with Crippen molar-refractivity contribution in [2.24, 2.45) is 5.92 Å². The quantitative estimate of drug-likeness (QED) is 0.00853. The van der Waals surface area contributed by atoms with Crippen LogP contribution in [0.15, 0.2) is 276 Å². The Morgan fingerprint density at radius 2 is 0.676 bits per heavy atom. The van der Waals surface area contributed by atoms with E-state index in [1.807, 2.05) is 18.2 Å². The SMILES string of the molecule is C=CC(=O)OC(OCCCCC)c1ccc(C(=O)Oc2ccc(C#N)cc2)cc1.C=CC(=O)OC(OCCCCC)c1ccc(C(=O)Oc2ccc(OC)cc2)cc1.C=CC(=O)OC(OCCCCCCC)c1ccc(C(=O)Oc2ccc(C3CCC(CCC)CC3)cc2)cc1.C=CC(=O)OCCCOc1ccc(OC(=O)c2ccc(OC(=O)c3ccc(C(OCC)OC(=O)C=C)cc3)cc2C)cc1. The van der Waals surface area contributed by atoms with Gasteiger partial charge >= 0.3 is 59.7 Å². The molecule has 1 aliphatic carbocycles. The second kappa shape index (κ2) is 62.9. The summed E-state index contributed by atoms with van der Waals surface area (Å²) in [5, 5.41) is 8.81. The molecule has 10 rings (SSSR count). The molecule has 27 heteroatoms. The van der Waals surface area contributed by atoms with Crippen LogP contribution in [-0.4, -0.2) is 106 Å². The van der Waals surface area contributed by atoms with Gasteiger partial charge in [0, 0.05) is 65.7 Å². The summed E-state index contributed by atoms with van der Waals surface area (Å²) in [4.78, 5) is 120. The van der Waals surface area contributed by atoms with E-state index in [-0.39, 0.29) is 17.9 Å². The van der Waals surface area contributed by atoms with Gasteiger partial charge in [0.25, 0.3) is 0 Å². The van der Waals surface area contributed by atoms with E-state index in [4.69, 9.17) is 81.1 Å². The molecule has 0 spiro atoms. The molecule has 1 fully saturated rings. The molecule has 9 aromatic rings. The molecule has 0 radical (unpaired) electrons. The van der Waals surface area contributed by atoms with E-state index in [0.29, 0.717) is 136 Å². The fourth-order valence-corrected chi connectivity index (χ4v) is 13.7. The number of carbonyl (C=O) groups excluding carboxylic acids is 10. The zero-order valence-electron chi connectivity index (χ0n) is 80.1. The van der Waals surface area contributed by atoms with Crippen molar-refractivity contribution in [2.75, 3.05) is 46.8 Å². The molecular weight excluding hydrogens is 1780 g/mol. The highest BCUT2D eigenvalue weighted by Crippen LogP contribution is 2.39. The number of benzene rings is 9. The molecule has 4 atom stereocenters. The zero-order valence-corrected chi connectivity index (χ0v) is 80.1. The normalized spacial score (nSPS) is 13.0. The first-order valence-electron chi connectivity index (χ1n) is 46.6. The highest BCUT2D eigenvalue weighted by molar-refractivity contribution is 5.95. The first-order valence-corrected chi connectivity index (χ1v) is 46.6. The van der Waals surface area contributed by atoms with Crippen LogP contribution in [-0.2, 0) is 66.6 Å². The zero-order chi connectivity index (χ0) is 100. The lowest BCUT2D eigenvalue weighted by Crippen LogP contribution is -2.14. The fraction of sp³-hybridized carbons (Fsp3) is 0.330. The topological polar surface area (TPSA) is 342 Å². The van der Waals surface area contributed by atoms with E-state index in [2.05, 4.69) is 72.7 Å². The molecule has 4 unspecified atom stereocenters. The van der Waals surface area contributed by atoms with Crippen molar-refractivity contribution in [3.05, 3.63) is 342 Å². The summed E-state index contributed by atoms with van der Waals surface area (Å²) >= 11 is 0. The van der Waals surface area contributed by atoms with Crippen molar-refractivity contribution < 1.29 is 124 Å². The summed E-state index contributed by atoms with van der Waals surface area (Å²) in [6.45, 7) is 31.3. The van der Waals surface area contributed by atoms with Crippen LogP contribution in [0.4, 0.5) is 0 Å². The van der Waals surface area contributed by atoms with Crippen LogP contribution >= 0.6 is 0 Å². The maximum atomic E-state index is 12.8.